The summed E-state index contributed by atoms with van der Waals surface area (Å²) < 4.78 is 19.3. The van der Waals surface area contributed by atoms with Crippen LogP contribution in [0.3, 0.4) is 0 Å². The first-order chi connectivity index (χ1) is 8.63. The second-order valence-corrected chi connectivity index (χ2v) is 5.02. The zero-order chi connectivity index (χ0) is 13.1. The molecule has 1 fully saturated rings. The molecule has 0 spiro atoms. The average Bonchev–Trinajstić information content (AvgIpc) is 2.36. The summed E-state index contributed by atoms with van der Waals surface area (Å²) in [5.41, 5.74) is 6.39. The molecule has 1 aliphatic heterocycles. The van der Waals surface area contributed by atoms with Crippen molar-refractivity contribution < 1.29 is 9.13 Å². The first kappa shape index (κ1) is 13.7. The minimum Gasteiger partial charge on any atom is -0.379 e. The Bertz CT molecular complexity index is 416. The number of ether oxygens (including phenoxy) is 1. The summed E-state index contributed by atoms with van der Waals surface area (Å²) in [6, 6.07) is 4.69. The van der Waals surface area contributed by atoms with Crippen molar-refractivity contribution in [1.29, 1.82) is 0 Å². The van der Waals surface area contributed by atoms with E-state index in [9.17, 15) is 4.39 Å². The molecule has 2 rings (SSSR count). The lowest BCUT2D eigenvalue weighted by Gasteiger charge is -2.39. The molecule has 0 amide bonds. The summed E-state index contributed by atoms with van der Waals surface area (Å²) in [7, 11) is 0. The van der Waals surface area contributed by atoms with Crippen LogP contribution in [0.4, 0.5) is 4.39 Å². The second-order valence-electron chi connectivity index (χ2n) is 4.58. The van der Waals surface area contributed by atoms with E-state index in [1.54, 1.807) is 12.1 Å². The lowest BCUT2D eigenvalue weighted by atomic mass is 10.0. The normalized spacial score (nSPS) is 23.0. The Morgan fingerprint density at radius 3 is 3.06 bits per heavy atom. The van der Waals surface area contributed by atoms with Gasteiger partial charge in [0, 0.05) is 29.7 Å². The minimum absolute atomic E-state index is 0.150. The van der Waals surface area contributed by atoms with Crippen molar-refractivity contribution in [2.24, 2.45) is 5.73 Å². The lowest BCUT2D eigenvalue weighted by Crippen LogP contribution is -2.47. The van der Waals surface area contributed by atoms with Gasteiger partial charge >= 0.3 is 0 Å². The van der Waals surface area contributed by atoms with Gasteiger partial charge in [-0.3, -0.25) is 4.90 Å². The largest absolute Gasteiger partial charge is 0.379 e. The summed E-state index contributed by atoms with van der Waals surface area (Å²) in [5, 5.41) is 0.533. The van der Waals surface area contributed by atoms with Crippen LogP contribution in [0.5, 0.6) is 0 Å². The zero-order valence-electron chi connectivity index (χ0n) is 10.4. The SMILES string of the molecule is CC1COCCN1C(CN)c1cc(Cl)ccc1F. The number of hydrogen-bond acceptors (Lipinski definition) is 3. The van der Waals surface area contributed by atoms with Crippen LogP contribution < -0.4 is 5.73 Å². The quantitative estimate of drug-likeness (QED) is 0.917. The van der Waals surface area contributed by atoms with E-state index in [1.807, 2.05) is 0 Å². The maximum absolute atomic E-state index is 13.9. The van der Waals surface area contributed by atoms with Gasteiger partial charge in [0.15, 0.2) is 0 Å². The van der Waals surface area contributed by atoms with E-state index < -0.39 is 0 Å². The molecule has 1 saturated heterocycles. The second kappa shape index (κ2) is 5.97. The number of nitrogens with zero attached hydrogens (tertiary/aromatic N) is 1. The maximum Gasteiger partial charge on any atom is 0.128 e. The van der Waals surface area contributed by atoms with Crippen LogP contribution in [0.1, 0.15) is 18.5 Å². The molecule has 2 N–H and O–H groups in total. The van der Waals surface area contributed by atoms with Crippen molar-refractivity contribution >= 4 is 11.6 Å². The van der Waals surface area contributed by atoms with Crippen LogP contribution in [0, 0.1) is 5.82 Å². The number of nitrogens with two attached hydrogens (primary N) is 1. The summed E-state index contributed by atoms with van der Waals surface area (Å²) in [4.78, 5) is 2.18. The van der Waals surface area contributed by atoms with Crippen LogP contribution in [0.15, 0.2) is 18.2 Å². The Morgan fingerprint density at radius 2 is 2.39 bits per heavy atom. The molecule has 2 atom stereocenters. The van der Waals surface area contributed by atoms with E-state index in [1.165, 1.54) is 6.07 Å². The third-order valence-corrected chi connectivity index (χ3v) is 3.59. The van der Waals surface area contributed by atoms with E-state index in [-0.39, 0.29) is 17.9 Å². The number of halogens is 2. The van der Waals surface area contributed by atoms with Gasteiger partial charge in [-0.15, -0.1) is 0 Å². The molecular formula is C13H18ClFN2O. The van der Waals surface area contributed by atoms with E-state index in [4.69, 9.17) is 22.1 Å². The number of hydrogen-bond donors (Lipinski definition) is 1. The van der Waals surface area contributed by atoms with Crippen molar-refractivity contribution in [2.75, 3.05) is 26.3 Å². The van der Waals surface area contributed by atoms with E-state index >= 15 is 0 Å². The molecule has 1 aliphatic rings. The molecule has 1 heterocycles. The van der Waals surface area contributed by atoms with Crippen LogP contribution >= 0.6 is 11.6 Å². The molecule has 0 aliphatic carbocycles. The fourth-order valence-corrected chi connectivity index (χ4v) is 2.59. The minimum atomic E-state index is -0.256. The predicted octanol–water partition coefficient (Wildman–Crippen LogP) is 2.20. The van der Waals surface area contributed by atoms with Crippen LogP contribution in [0.25, 0.3) is 0 Å². The summed E-state index contributed by atoms with van der Waals surface area (Å²) in [5.74, 6) is -0.256. The Labute approximate surface area is 112 Å². The zero-order valence-corrected chi connectivity index (χ0v) is 11.2. The van der Waals surface area contributed by atoms with Gasteiger partial charge in [0.1, 0.15) is 5.82 Å². The smallest absolute Gasteiger partial charge is 0.128 e. The number of morpholine rings is 1. The highest BCUT2D eigenvalue weighted by Gasteiger charge is 2.28. The molecule has 0 bridgehead atoms. The number of rotatable bonds is 3. The summed E-state index contributed by atoms with van der Waals surface area (Å²) in [6.45, 7) is 4.49. The standard InChI is InChI=1S/C13H18ClFN2O/c1-9-8-18-5-4-17(9)13(7-16)11-6-10(14)2-3-12(11)15/h2-3,6,9,13H,4-5,7-8,16H2,1H3. The van der Waals surface area contributed by atoms with E-state index in [0.717, 1.165) is 6.54 Å². The first-order valence-electron chi connectivity index (χ1n) is 6.12. The Morgan fingerprint density at radius 1 is 1.61 bits per heavy atom. The number of benzene rings is 1. The molecule has 1 aromatic carbocycles. The Balaban J connectivity index is 2.29. The fourth-order valence-electron chi connectivity index (χ4n) is 2.41. The Kier molecular flexibility index (Phi) is 4.56. The monoisotopic (exact) mass is 272 g/mol. The molecule has 1 aromatic rings. The van der Waals surface area contributed by atoms with Gasteiger partial charge < -0.3 is 10.5 Å². The average molecular weight is 273 g/mol. The van der Waals surface area contributed by atoms with Crippen LogP contribution in [-0.4, -0.2) is 37.2 Å². The van der Waals surface area contributed by atoms with Crippen molar-refractivity contribution in [3.8, 4) is 0 Å². The highest BCUT2D eigenvalue weighted by Crippen LogP contribution is 2.28. The van der Waals surface area contributed by atoms with Crippen molar-refractivity contribution in [1.82, 2.24) is 4.90 Å². The van der Waals surface area contributed by atoms with Gasteiger partial charge in [-0.2, -0.15) is 0 Å². The molecule has 18 heavy (non-hydrogen) atoms. The molecule has 0 aromatic heterocycles. The van der Waals surface area contributed by atoms with Gasteiger partial charge in [0.2, 0.25) is 0 Å². The molecular weight excluding hydrogens is 255 g/mol. The van der Waals surface area contributed by atoms with Gasteiger partial charge in [-0.25, -0.2) is 4.39 Å². The highest BCUT2D eigenvalue weighted by atomic mass is 35.5. The third kappa shape index (κ3) is 2.83. The van der Waals surface area contributed by atoms with Gasteiger partial charge in [0.05, 0.1) is 19.3 Å². The topological polar surface area (TPSA) is 38.5 Å². The third-order valence-electron chi connectivity index (χ3n) is 3.36. The molecule has 0 saturated carbocycles. The summed E-state index contributed by atoms with van der Waals surface area (Å²) in [6.07, 6.45) is 0. The molecule has 2 unspecified atom stereocenters. The van der Waals surface area contributed by atoms with E-state index in [0.29, 0.717) is 30.3 Å². The van der Waals surface area contributed by atoms with Gasteiger partial charge in [-0.1, -0.05) is 11.6 Å². The van der Waals surface area contributed by atoms with Crippen molar-refractivity contribution in [3.05, 3.63) is 34.6 Å². The highest BCUT2D eigenvalue weighted by molar-refractivity contribution is 6.30. The molecule has 0 radical (unpaired) electrons. The molecule has 3 nitrogen and oxygen atoms in total. The maximum atomic E-state index is 13.9. The van der Waals surface area contributed by atoms with Crippen molar-refractivity contribution in [3.63, 3.8) is 0 Å². The Hall–Kier alpha value is -0.680. The van der Waals surface area contributed by atoms with Crippen LogP contribution in [-0.2, 0) is 4.74 Å². The van der Waals surface area contributed by atoms with Gasteiger partial charge in [0.25, 0.3) is 0 Å². The fraction of sp³-hybridized carbons (Fsp3) is 0.538. The lowest BCUT2D eigenvalue weighted by molar-refractivity contribution is -0.0215. The van der Waals surface area contributed by atoms with Gasteiger partial charge in [-0.05, 0) is 25.1 Å². The van der Waals surface area contributed by atoms with Crippen molar-refractivity contribution in [2.45, 2.75) is 19.0 Å². The summed E-state index contributed by atoms with van der Waals surface area (Å²) >= 11 is 5.94. The first-order valence-corrected chi connectivity index (χ1v) is 6.49. The molecule has 5 heteroatoms. The van der Waals surface area contributed by atoms with E-state index in [2.05, 4.69) is 11.8 Å². The molecule has 100 valence electrons. The predicted molar refractivity (Wildman–Crippen MR) is 70.2 cm³/mol. The van der Waals surface area contributed by atoms with Crippen LogP contribution in [0.2, 0.25) is 5.02 Å².